The van der Waals surface area contributed by atoms with Crippen LogP contribution in [0.5, 0.6) is 11.5 Å². The Bertz CT molecular complexity index is 1830. The van der Waals surface area contributed by atoms with Crippen molar-refractivity contribution in [3.63, 3.8) is 0 Å². The third-order valence-corrected chi connectivity index (χ3v) is 10.3. The highest BCUT2D eigenvalue weighted by atomic mass is 32.2. The summed E-state index contributed by atoms with van der Waals surface area (Å²) >= 11 is 2.92. The van der Waals surface area contributed by atoms with Crippen molar-refractivity contribution in [1.82, 2.24) is 0 Å². The molecule has 4 rings (SSSR count). The average molecular weight is 659 g/mol. The first-order valence-corrected chi connectivity index (χ1v) is 17.8. The third kappa shape index (κ3) is 8.87. The second kappa shape index (κ2) is 12.3. The van der Waals surface area contributed by atoms with E-state index < -0.39 is 25.7 Å². The maximum Gasteiger partial charge on any atom is 0.295 e. The lowest BCUT2D eigenvalue weighted by molar-refractivity contribution is 0.475. The lowest BCUT2D eigenvalue weighted by Crippen LogP contribution is -2.16. The van der Waals surface area contributed by atoms with Crippen molar-refractivity contribution in [2.75, 3.05) is 0 Å². The van der Waals surface area contributed by atoms with Gasteiger partial charge in [-0.05, 0) is 88.8 Å². The van der Waals surface area contributed by atoms with Gasteiger partial charge < -0.3 is 4.74 Å². The Morgan fingerprint density at radius 3 is 1.53 bits per heavy atom. The topological polar surface area (TPSA) is 118 Å². The van der Waals surface area contributed by atoms with Gasteiger partial charge in [-0.15, -0.1) is 11.8 Å². The third-order valence-electron chi connectivity index (χ3n) is 6.16. The zero-order valence-corrected chi connectivity index (χ0v) is 27.9. The molecule has 0 aliphatic carbocycles. The molecule has 0 radical (unpaired) electrons. The molecule has 7 nitrogen and oxygen atoms in total. The van der Waals surface area contributed by atoms with Gasteiger partial charge in [0.15, 0.2) is 0 Å². The van der Waals surface area contributed by atoms with Crippen LogP contribution in [-0.4, -0.2) is 30.7 Å². The lowest BCUT2D eigenvalue weighted by atomic mass is 9.86. The van der Waals surface area contributed by atoms with Crippen molar-refractivity contribution in [1.29, 1.82) is 0 Å². The van der Waals surface area contributed by atoms with Crippen molar-refractivity contribution in [3.05, 3.63) is 90.5 Å². The van der Waals surface area contributed by atoms with Crippen LogP contribution >= 0.6 is 23.5 Å². The van der Waals surface area contributed by atoms with E-state index >= 15 is 0 Å². The molecule has 0 saturated carbocycles. The largest absolute Gasteiger partial charge is 0.457 e. The van der Waals surface area contributed by atoms with Gasteiger partial charge >= 0.3 is 0 Å². The summed E-state index contributed by atoms with van der Waals surface area (Å²) < 4.78 is 75.1. The molecule has 0 unspecified atom stereocenters. The van der Waals surface area contributed by atoms with Crippen LogP contribution < -0.4 is 4.74 Å². The summed E-state index contributed by atoms with van der Waals surface area (Å²) in [4.78, 5) is 1.56. The van der Waals surface area contributed by atoms with E-state index in [2.05, 4.69) is 20.8 Å². The van der Waals surface area contributed by atoms with Gasteiger partial charge in [0.25, 0.3) is 20.2 Å². The molecule has 0 saturated heterocycles. The van der Waals surface area contributed by atoms with Crippen LogP contribution in [0.1, 0.15) is 47.1 Å². The van der Waals surface area contributed by atoms with Crippen molar-refractivity contribution in [2.24, 2.45) is 0 Å². The molecule has 0 heterocycles. The van der Waals surface area contributed by atoms with Gasteiger partial charge in [0.1, 0.15) is 16.4 Å². The fourth-order valence-corrected chi connectivity index (χ4v) is 8.04. The molecule has 4 aromatic rings. The number of rotatable bonds is 8. The predicted molar refractivity (Wildman–Crippen MR) is 173 cm³/mol. The fraction of sp³-hybridized carbons (Fsp3) is 0.250. The molecule has 43 heavy (non-hydrogen) atoms. The van der Waals surface area contributed by atoms with Crippen LogP contribution in [0.15, 0.2) is 109 Å². The molecule has 11 heteroatoms. The van der Waals surface area contributed by atoms with Gasteiger partial charge in [-0.1, -0.05) is 71.5 Å². The molecule has 0 aliphatic rings. The fourth-order valence-electron chi connectivity index (χ4n) is 4.28. The predicted octanol–water partition coefficient (Wildman–Crippen LogP) is 8.98. The Labute approximate surface area is 262 Å². The summed E-state index contributed by atoms with van der Waals surface area (Å²) in [7, 11) is -9.18. The summed E-state index contributed by atoms with van der Waals surface area (Å²) in [5.74, 6) is 1.30. The van der Waals surface area contributed by atoms with Gasteiger partial charge in [0, 0.05) is 19.4 Å². The molecule has 2 N–H and O–H groups in total. The average Bonchev–Trinajstić information content (AvgIpc) is 2.88. The molecule has 0 bridgehead atoms. The van der Waals surface area contributed by atoms with Gasteiger partial charge in [-0.25, -0.2) is 0 Å². The highest BCUT2D eigenvalue weighted by Gasteiger charge is 2.26. The van der Waals surface area contributed by atoms with Crippen LogP contribution in [-0.2, 0) is 25.7 Å². The van der Waals surface area contributed by atoms with E-state index in [1.807, 2.05) is 45.0 Å². The Balaban J connectivity index is 1.58. The molecule has 0 fully saturated rings. The molecular formula is C32H34O7S4. The van der Waals surface area contributed by atoms with E-state index in [4.69, 9.17) is 4.74 Å². The first-order chi connectivity index (χ1) is 19.8. The minimum absolute atomic E-state index is 0.107. The minimum Gasteiger partial charge on any atom is -0.457 e. The maximum atomic E-state index is 12.4. The second-order valence-electron chi connectivity index (χ2n) is 11.9. The van der Waals surface area contributed by atoms with E-state index in [-0.39, 0.29) is 19.4 Å². The van der Waals surface area contributed by atoms with Crippen LogP contribution in [0.2, 0.25) is 0 Å². The smallest absolute Gasteiger partial charge is 0.295 e. The number of thioether (sulfide) groups is 1. The van der Waals surface area contributed by atoms with Crippen molar-refractivity contribution >= 4 is 43.8 Å². The van der Waals surface area contributed by atoms with E-state index in [1.165, 1.54) is 12.1 Å². The molecule has 4 aromatic carbocycles. The summed E-state index contributed by atoms with van der Waals surface area (Å²) in [5.41, 5.74) is 0.580. The second-order valence-corrected chi connectivity index (χ2v) is 17.7. The summed E-state index contributed by atoms with van der Waals surface area (Å²) in [6.07, 6.45) is 0. The summed E-state index contributed by atoms with van der Waals surface area (Å²) in [5, 5.41) is 0. The highest BCUT2D eigenvalue weighted by Crippen LogP contribution is 2.39. The Morgan fingerprint density at radius 1 is 0.605 bits per heavy atom. The minimum atomic E-state index is -4.63. The van der Waals surface area contributed by atoms with Crippen molar-refractivity contribution < 1.29 is 30.7 Å². The van der Waals surface area contributed by atoms with Crippen LogP contribution in [0.25, 0.3) is 11.1 Å². The van der Waals surface area contributed by atoms with Crippen LogP contribution in [0, 0.1) is 0 Å². The molecule has 228 valence electrons. The first-order valence-electron chi connectivity index (χ1n) is 13.3. The Morgan fingerprint density at radius 2 is 1.07 bits per heavy atom. The number of ether oxygens (including phenoxy) is 1. The summed E-state index contributed by atoms with van der Waals surface area (Å²) in [6.45, 7) is 11.9. The Kier molecular flexibility index (Phi) is 9.47. The molecule has 0 aromatic heterocycles. The van der Waals surface area contributed by atoms with Crippen molar-refractivity contribution in [2.45, 2.75) is 76.2 Å². The molecule has 0 amide bonds. The molecule has 0 atom stereocenters. The highest BCUT2D eigenvalue weighted by molar-refractivity contribution is 8.00. The van der Waals surface area contributed by atoms with Crippen LogP contribution in [0.3, 0.4) is 0 Å². The van der Waals surface area contributed by atoms with Crippen molar-refractivity contribution in [3.8, 4) is 22.6 Å². The molecule has 0 aliphatic heterocycles. The van der Waals surface area contributed by atoms with E-state index in [0.717, 1.165) is 16.7 Å². The van der Waals surface area contributed by atoms with E-state index in [9.17, 15) is 25.9 Å². The lowest BCUT2D eigenvalue weighted by Gasteiger charge is -2.22. The van der Waals surface area contributed by atoms with Gasteiger partial charge in [0.05, 0.1) is 4.90 Å². The number of hydrogen-bond donors (Lipinski definition) is 2. The molecule has 0 spiro atoms. The quantitative estimate of drug-likeness (QED) is 0.141. The van der Waals surface area contributed by atoms with Gasteiger partial charge in [0.2, 0.25) is 0 Å². The Hall–Kier alpha value is -2.80. The normalized spacial score (nSPS) is 12.7. The first kappa shape index (κ1) is 33.1. The monoisotopic (exact) mass is 658 g/mol. The zero-order valence-electron chi connectivity index (χ0n) is 24.7. The van der Waals surface area contributed by atoms with Crippen LogP contribution in [0.4, 0.5) is 0 Å². The number of hydrogen-bond acceptors (Lipinski definition) is 7. The summed E-state index contributed by atoms with van der Waals surface area (Å²) in [6, 6.07) is 24.0. The van der Waals surface area contributed by atoms with E-state index in [0.29, 0.717) is 33.1 Å². The van der Waals surface area contributed by atoms with E-state index in [1.54, 1.807) is 60.3 Å². The SMILES string of the molecule is CC(C)(C)Sc1ccc(Oc2ccc(Sc3ccc(-c4ccc(C(C)(C)C)c(S(=O)(=O)O)c4)cc3S(=O)(=O)O)cc2)cc1. The van der Waals surface area contributed by atoms with Gasteiger partial charge in [-0.2, -0.15) is 16.8 Å². The molecular weight excluding hydrogens is 625 g/mol. The number of benzene rings is 4. The standard InChI is InChI=1S/C32H34O7S4/c1-31(2,3)27-17-7-21(19-29(27)42(33,34)35)22-8-18-28(30(20-22)43(36,37)38)40-25-13-9-23(10-14-25)39-24-11-15-26(16-12-24)41-32(4,5)6/h7-20H,1-6H3,(H,33,34,35)(H,36,37,38). The zero-order chi connectivity index (χ0) is 31.8. The maximum absolute atomic E-state index is 12.4. The van der Waals surface area contributed by atoms with Gasteiger partial charge in [-0.3, -0.25) is 9.11 Å².